The molecule has 0 aromatic carbocycles. The fraction of sp³-hybridized carbons (Fsp3) is 0.538. The van der Waals surface area contributed by atoms with Gasteiger partial charge in [-0.3, -0.25) is 9.36 Å². The van der Waals surface area contributed by atoms with Gasteiger partial charge in [-0.15, -0.1) is 0 Å². The molecule has 0 atom stereocenters. The summed E-state index contributed by atoms with van der Waals surface area (Å²) in [7, 11) is 0. The van der Waals surface area contributed by atoms with Gasteiger partial charge in [0.15, 0.2) is 10.3 Å². The highest BCUT2D eigenvalue weighted by molar-refractivity contribution is 9.10. The summed E-state index contributed by atoms with van der Waals surface area (Å²) in [6, 6.07) is 0.208. The van der Waals surface area contributed by atoms with Crippen LogP contribution < -0.4 is 10.9 Å². The lowest BCUT2D eigenvalue weighted by atomic mass is 10.3. The average Bonchev–Trinajstić information content (AvgIpc) is 2.30. The summed E-state index contributed by atoms with van der Waals surface area (Å²) in [5.41, 5.74) is 1.76. The van der Waals surface area contributed by atoms with Crippen LogP contribution in [-0.4, -0.2) is 25.6 Å². The summed E-state index contributed by atoms with van der Waals surface area (Å²) in [5.74, 6) is 0.517. The molecule has 2 aromatic heterocycles. The largest absolute Gasteiger partial charge is 0.352 e. The first-order chi connectivity index (χ1) is 9.31. The third kappa shape index (κ3) is 2.67. The SMILES string of the molecule is Cc1nc(NC(C)C)nc2c1nc(Br)c(=O)n2C(C)C. The molecule has 0 saturated carbocycles. The minimum absolute atomic E-state index is 0.00880. The van der Waals surface area contributed by atoms with E-state index < -0.39 is 0 Å². The van der Waals surface area contributed by atoms with E-state index >= 15 is 0 Å². The van der Waals surface area contributed by atoms with Crippen LogP contribution in [0, 0.1) is 6.92 Å². The second kappa shape index (κ2) is 5.47. The van der Waals surface area contributed by atoms with Crippen LogP contribution in [0.1, 0.15) is 39.4 Å². The number of nitrogens with one attached hydrogen (secondary N) is 1. The Labute approximate surface area is 125 Å². The number of halogens is 1. The molecule has 2 rings (SSSR count). The third-order valence-electron chi connectivity index (χ3n) is 2.81. The molecular weight excluding hydrogens is 322 g/mol. The quantitative estimate of drug-likeness (QED) is 0.930. The Bertz CT molecular complexity index is 708. The van der Waals surface area contributed by atoms with Crippen molar-refractivity contribution in [1.29, 1.82) is 0 Å². The lowest BCUT2D eigenvalue weighted by Gasteiger charge is -2.16. The standard InChI is InChI=1S/C13H18BrN5O/c1-6(2)15-13-16-8(5)9-11(18-13)19(7(3)4)12(20)10(14)17-9/h6-7H,1-5H3,(H,15,16,18). The molecule has 0 amide bonds. The Balaban J connectivity index is 2.82. The van der Waals surface area contributed by atoms with Crippen LogP contribution in [0.3, 0.4) is 0 Å². The van der Waals surface area contributed by atoms with Gasteiger partial charge in [0.1, 0.15) is 5.52 Å². The Morgan fingerprint density at radius 2 is 1.80 bits per heavy atom. The van der Waals surface area contributed by atoms with Crippen LogP contribution in [-0.2, 0) is 0 Å². The smallest absolute Gasteiger partial charge is 0.285 e. The lowest BCUT2D eigenvalue weighted by molar-refractivity contribution is 0.589. The molecular formula is C13H18BrN5O. The predicted octanol–water partition coefficient (Wildman–Crippen LogP) is 2.66. The van der Waals surface area contributed by atoms with Crippen molar-refractivity contribution in [3.63, 3.8) is 0 Å². The van der Waals surface area contributed by atoms with Gasteiger partial charge in [0, 0.05) is 12.1 Å². The molecule has 2 aromatic rings. The van der Waals surface area contributed by atoms with Crippen molar-refractivity contribution in [2.45, 2.75) is 46.7 Å². The molecule has 0 spiro atoms. The Hall–Kier alpha value is -1.50. The molecule has 20 heavy (non-hydrogen) atoms. The maximum absolute atomic E-state index is 12.2. The molecule has 108 valence electrons. The summed E-state index contributed by atoms with van der Waals surface area (Å²) in [5, 5.41) is 3.16. The lowest BCUT2D eigenvalue weighted by Crippen LogP contribution is -2.26. The Morgan fingerprint density at radius 1 is 1.15 bits per heavy atom. The van der Waals surface area contributed by atoms with E-state index in [1.807, 2.05) is 34.6 Å². The number of aromatic nitrogens is 4. The number of anilines is 1. The molecule has 0 saturated heterocycles. The first-order valence-electron chi connectivity index (χ1n) is 6.54. The predicted molar refractivity (Wildman–Crippen MR) is 83.2 cm³/mol. The van der Waals surface area contributed by atoms with Gasteiger partial charge in [-0.2, -0.15) is 4.98 Å². The zero-order valence-corrected chi connectivity index (χ0v) is 13.8. The van der Waals surface area contributed by atoms with Crippen molar-refractivity contribution in [2.24, 2.45) is 0 Å². The number of fused-ring (bicyclic) bond motifs is 1. The van der Waals surface area contributed by atoms with Crippen molar-refractivity contribution < 1.29 is 0 Å². The van der Waals surface area contributed by atoms with Crippen LogP contribution in [0.2, 0.25) is 0 Å². The zero-order valence-electron chi connectivity index (χ0n) is 12.2. The van der Waals surface area contributed by atoms with E-state index in [2.05, 4.69) is 36.2 Å². The van der Waals surface area contributed by atoms with Crippen molar-refractivity contribution in [3.8, 4) is 0 Å². The molecule has 0 aliphatic rings. The van der Waals surface area contributed by atoms with Gasteiger partial charge in [-0.05, 0) is 50.5 Å². The number of aryl methyl sites for hydroxylation is 1. The molecule has 0 unspecified atom stereocenters. The van der Waals surface area contributed by atoms with Gasteiger partial charge in [-0.25, -0.2) is 9.97 Å². The normalized spacial score (nSPS) is 11.6. The molecule has 2 heterocycles. The molecule has 0 aliphatic carbocycles. The summed E-state index contributed by atoms with van der Waals surface area (Å²) in [6.45, 7) is 9.78. The summed E-state index contributed by atoms with van der Waals surface area (Å²) in [6.07, 6.45) is 0. The second-order valence-electron chi connectivity index (χ2n) is 5.28. The van der Waals surface area contributed by atoms with Crippen LogP contribution >= 0.6 is 15.9 Å². The highest BCUT2D eigenvalue weighted by atomic mass is 79.9. The Kier molecular flexibility index (Phi) is 4.08. The number of nitrogens with zero attached hydrogens (tertiary/aromatic N) is 4. The minimum atomic E-state index is -0.180. The zero-order chi connectivity index (χ0) is 15.0. The van der Waals surface area contributed by atoms with E-state index in [1.165, 1.54) is 0 Å². The molecule has 7 heteroatoms. The topological polar surface area (TPSA) is 72.7 Å². The van der Waals surface area contributed by atoms with Crippen LogP contribution in [0.25, 0.3) is 11.2 Å². The van der Waals surface area contributed by atoms with Crippen molar-refractivity contribution in [1.82, 2.24) is 19.5 Å². The number of hydrogen-bond donors (Lipinski definition) is 1. The Morgan fingerprint density at radius 3 is 2.35 bits per heavy atom. The molecule has 0 radical (unpaired) electrons. The number of hydrogen-bond acceptors (Lipinski definition) is 5. The van der Waals surface area contributed by atoms with Crippen LogP contribution in [0.15, 0.2) is 9.40 Å². The molecule has 0 bridgehead atoms. The fourth-order valence-electron chi connectivity index (χ4n) is 1.99. The maximum atomic E-state index is 12.2. The monoisotopic (exact) mass is 339 g/mol. The van der Waals surface area contributed by atoms with Crippen molar-refractivity contribution in [3.05, 3.63) is 20.7 Å². The third-order valence-corrected chi connectivity index (χ3v) is 3.32. The van der Waals surface area contributed by atoms with Gasteiger partial charge < -0.3 is 5.32 Å². The molecule has 0 aliphatic heterocycles. The summed E-state index contributed by atoms with van der Waals surface area (Å²) in [4.78, 5) is 25.4. The van der Waals surface area contributed by atoms with E-state index in [4.69, 9.17) is 0 Å². The second-order valence-corrected chi connectivity index (χ2v) is 6.03. The fourth-order valence-corrected chi connectivity index (χ4v) is 2.36. The summed E-state index contributed by atoms with van der Waals surface area (Å²) < 4.78 is 1.92. The van der Waals surface area contributed by atoms with E-state index in [-0.39, 0.29) is 22.2 Å². The molecule has 1 N–H and O–H groups in total. The molecule has 0 fully saturated rings. The van der Waals surface area contributed by atoms with Gasteiger partial charge in [0.05, 0.1) is 5.69 Å². The first kappa shape index (κ1) is 14.9. The van der Waals surface area contributed by atoms with Crippen LogP contribution in [0.5, 0.6) is 0 Å². The van der Waals surface area contributed by atoms with Gasteiger partial charge in [0.25, 0.3) is 5.56 Å². The van der Waals surface area contributed by atoms with Gasteiger partial charge in [-0.1, -0.05) is 0 Å². The van der Waals surface area contributed by atoms with Crippen LogP contribution in [0.4, 0.5) is 5.95 Å². The number of rotatable bonds is 3. The van der Waals surface area contributed by atoms with Crippen molar-refractivity contribution >= 4 is 33.0 Å². The van der Waals surface area contributed by atoms with E-state index in [0.717, 1.165) is 5.69 Å². The van der Waals surface area contributed by atoms with Gasteiger partial charge in [0.2, 0.25) is 5.95 Å². The van der Waals surface area contributed by atoms with Crippen molar-refractivity contribution in [2.75, 3.05) is 5.32 Å². The average molecular weight is 340 g/mol. The van der Waals surface area contributed by atoms with E-state index in [9.17, 15) is 4.79 Å². The first-order valence-corrected chi connectivity index (χ1v) is 7.33. The minimum Gasteiger partial charge on any atom is -0.352 e. The molecule has 6 nitrogen and oxygen atoms in total. The van der Waals surface area contributed by atoms with E-state index in [0.29, 0.717) is 17.1 Å². The maximum Gasteiger partial charge on any atom is 0.285 e. The highest BCUT2D eigenvalue weighted by Crippen LogP contribution is 2.19. The van der Waals surface area contributed by atoms with E-state index in [1.54, 1.807) is 4.57 Å². The summed E-state index contributed by atoms with van der Waals surface area (Å²) >= 11 is 3.21. The highest BCUT2D eigenvalue weighted by Gasteiger charge is 2.16. The van der Waals surface area contributed by atoms with Gasteiger partial charge >= 0.3 is 0 Å².